The molecule has 1 unspecified atom stereocenters. The van der Waals surface area contributed by atoms with E-state index < -0.39 is 11.9 Å². The van der Waals surface area contributed by atoms with Crippen LogP contribution in [0.3, 0.4) is 0 Å². The number of piperidine rings is 1. The first-order valence-corrected chi connectivity index (χ1v) is 9.22. The third-order valence-electron chi connectivity index (χ3n) is 5.08. The molecule has 8 heteroatoms. The maximum Gasteiger partial charge on any atom is 0.321 e. The molecule has 2 aliphatic rings. The minimum absolute atomic E-state index is 0.0733. The lowest BCUT2D eigenvalue weighted by Gasteiger charge is -2.31. The molecule has 3 amide bonds. The van der Waals surface area contributed by atoms with Crippen LogP contribution in [0.1, 0.15) is 28.8 Å². The molecule has 2 fully saturated rings. The van der Waals surface area contributed by atoms with Crippen molar-refractivity contribution in [2.75, 3.05) is 44.7 Å². The second-order valence-electron chi connectivity index (χ2n) is 6.99. The summed E-state index contributed by atoms with van der Waals surface area (Å²) in [7, 11) is 0. The number of carbonyl (C=O) groups is 3. The van der Waals surface area contributed by atoms with E-state index in [1.165, 1.54) is 4.90 Å². The van der Waals surface area contributed by atoms with Gasteiger partial charge in [0.2, 0.25) is 0 Å². The molecule has 0 bridgehead atoms. The Balaban J connectivity index is 1.69. The first-order chi connectivity index (χ1) is 13.0. The number of likely N-dealkylation sites (tertiary alicyclic amines) is 1. The van der Waals surface area contributed by atoms with Crippen LogP contribution in [0.25, 0.3) is 0 Å². The van der Waals surface area contributed by atoms with Crippen molar-refractivity contribution in [3.05, 3.63) is 29.3 Å². The molecule has 8 nitrogen and oxygen atoms in total. The molecule has 2 aliphatic heterocycles. The van der Waals surface area contributed by atoms with Crippen LogP contribution in [0.4, 0.5) is 10.5 Å². The first-order valence-electron chi connectivity index (χ1n) is 9.22. The number of anilines is 1. The van der Waals surface area contributed by atoms with Gasteiger partial charge in [0.1, 0.15) is 0 Å². The SMILES string of the molecule is Cc1ccc(NC(=O)N2CCCC(C(=O)O)C2)cc1C(=O)N1CCOCC1. The van der Waals surface area contributed by atoms with E-state index in [0.29, 0.717) is 56.9 Å². The largest absolute Gasteiger partial charge is 0.481 e. The molecule has 27 heavy (non-hydrogen) atoms. The Hall–Kier alpha value is -2.61. The third kappa shape index (κ3) is 4.57. The molecule has 1 aromatic carbocycles. The minimum atomic E-state index is -0.874. The molecular weight excluding hydrogens is 350 g/mol. The highest BCUT2D eigenvalue weighted by molar-refractivity contribution is 5.98. The Bertz CT molecular complexity index is 730. The van der Waals surface area contributed by atoms with Gasteiger partial charge < -0.3 is 25.0 Å². The topological polar surface area (TPSA) is 99.2 Å². The molecular formula is C19H25N3O5. The van der Waals surface area contributed by atoms with Crippen LogP contribution in [0.15, 0.2) is 18.2 Å². The van der Waals surface area contributed by atoms with E-state index in [1.54, 1.807) is 23.1 Å². The van der Waals surface area contributed by atoms with Crippen LogP contribution in [-0.2, 0) is 9.53 Å². The summed E-state index contributed by atoms with van der Waals surface area (Å²) in [5.74, 6) is -1.47. The molecule has 1 atom stereocenters. The fourth-order valence-electron chi connectivity index (χ4n) is 3.43. The smallest absolute Gasteiger partial charge is 0.321 e. The van der Waals surface area contributed by atoms with Crippen LogP contribution < -0.4 is 5.32 Å². The van der Waals surface area contributed by atoms with Crippen molar-refractivity contribution in [2.45, 2.75) is 19.8 Å². The predicted molar refractivity (Wildman–Crippen MR) is 98.9 cm³/mol. The van der Waals surface area contributed by atoms with E-state index in [9.17, 15) is 14.4 Å². The van der Waals surface area contributed by atoms with E-state index in [1.807, 2.05) is 6.92 Å². The highest BCUT2D eigenvalue weighted by atomic mass is 16.5. The number of urea groups is 1. The molecule has 0 spiro atoms. The quantitative estimate of drug-likeness (QED) is 0.839. The number of carboxylic acids is 1. The number of benzene rings is 1. The Labute approximate surface area is 158 Å². The lowest BCUT2D eigenvalue weighted by molar-refractivity contribution is -0.143. The predicted octanol–water partition coefficient (Wildman–Crippen LogP) is 1.80. The van der Waals surface area contributed by atoms with E-state index in [4.69, 9.17) is 9.84 Å². The van der Waals surface area contributed by atoms with Gasteiger partial charge in [-0.25, -0.2) is 4.79 Å². The standard InChI is InChI=1S/C19H25N3O5/c1-13-4-5-15(11-16(13)17(23)21-7-9-27-10-8-21)20-19(26)22-6-2-3-14(12-22)18(24)25/h4-5,11,14H,2-3,6-10,12H2,1H3,(H,20,26)(H,24,25). The molecule has 0 aromatic heterocycles. The number of nitrogens with zero attached hydrogens (tertiary/aromatic N) is 2. The second-order valence-corrected chi connectivity index (χ2v) is 6.99. The van der Waals surface area contributed by atoms with E-state index >= 15 is 0 Å². The van der Waals surface area contributed by atoms with Crippen LogP contribution in [0.5, 0.6) is 0 Å². The van der Waals surface area contributed by atoms with Gasteiger partial charge in [-0.1, -0.05) is 6.07 Å². The summed E-state index contributed by atoms with van der Waals surface area (Å²) in [6.07, 6.45) is 1.25. The summed E-state index contributed by atoms with van der Waals surface area (Å²) in [6, 6.07) is 4.90. The second kappa shape index (κ2) is 8.39. The summed E-state index contributed by atoms with van der Waals surface area (Å²) in [6.45, 7) is 4.76. The molecule has 2 heterocycles. The van der Waals surface area contributed by atoms with Gasteiger partial charge >= 0.3 is 12.0 Å². The van der Waals surface area contributed by atoms with Gasteiger partial charge in [-0.15, -0.1) is 0 Å². The molecule has 3 rings (SSSR count). The Morgan fingerprint density at radius 1 is 1.15 bits per heavy atom. The fourth-order valence-corrected chi connectivity index (χ4v) is 3.43. The van der Waals surface area contributed by atoms with Gasteiger partial charge in [-0.3, -0.25) is 9.59 Å². The van der Waals surface area contributed by atoms with Gasteiger partial charge in [0.25, 0.3) is 5.91 Å². The lowest BCUT2D eigenvalue weighted by atomic mass is 9.99. The Morgan fingerprint density at radius 3 is 2.59 bits per heavy atom. The van der Waals surface area contributed by atoms with Gasteiger partial charge in [0.15, 0.2) is 0 Å². The minimum Gasteiger partial charge on any atom is -0.481 e. The van der Waals surface area contributed by atoms with Gasteiger partial charge in [-0.2, -0.15) is 0 Å². The maximum absolute atomic E-state index is 12.8. The van der Waals surface area contributed by atoms with Crippen molar-refractivity contribution in [3.63, 3.8) is 0 Å². The Kier molecular flexibility index (Phi) is 5.95. The molecule has 0 aliphatic carbocycles. The lowest BCUT2D eigenvalue weighted by Crippen LogP contribution is -2.44. The summed E-state index contributed by atoms with van der Waals surface area (Å²) in [5, 5.41) is 12.0. The average Bonchev–Trinajstić information content (AvgIpc) is 2.69. The number of amides is 3. The number of carboxylic acid groups (broad SMARTS) is 1. The van der Waals surface area contributed by atoms with Gasteiger partial charge in [-0.05, 0) is 37.5 Å². The van der Waals surface area contributed by atoms with Crippen LogP contribution in [0, 0.1) is 12.8 Å². The summed E-state index contributed by atoms with van der Waals surface area (Å²) in [4.78, 5) is 39.7. The highest BCUT2D eigenvalue weighted by Crippen LogP contribution is 2.21. The number of nitrogens with one attached hydrogen (secondary N) is 1. The zero-order chi connectivity index (χ0) is 19.4. The zero-order valence-corrected chi connectivity index (χ0v) is 15.4. The average molecular weight is 375 g/mol. The van der Waals surface area contributed by atoms with Crippen LogP contribution in [0.2, 0.25) is 0 Å². The van der Waals surface area contributed by atoms with E-state index in [-0.39, 0.29) is 18.5 Å². The third-order valence-corrected chi connectivity index (χ3v) is 5.08. The van der Waals surface area contributed by atoms with Gasteiger partial charge in [0, 0.05) is 37.4 Å². The molecule has 0 radical (unpaired) electrons. The number of aryl methyl sites for hydroxylation is 1. The molecule has 2 N–H and O–H groups in total. The number of carbonyl (C=O) groups excluding carboxylic acids is 2. The summed E-state index contributed by atoms with van der Waals surface area (Å²) >= 11 is 0. The number of aliphatic carboxylic acids is 1. The monoisotopic (exact) mass is 375 g/mol. The first kappa shape index (κ1) is 19.2. The van der Waals surface area contributed by atoms with Crippen molar-refractivity contribution < 1.29 is 24.2 Å². The molecule has 1 aromatic rings. The van der Waals surface area contributed by atoms with Crippen molar-refractivity contribution in [1.82, 2.24) is 9.80 Å². The van der Waals surface area contributed by atoms with Crippen LogP contribution in [-0.4, -0.2) is 72.2 Å². The van der Waals surface area contributed by atoms with Crippen molar-refractivity contribution in [1.29, 1.82) is 0 Å². The fraction of sp³-hybridized carbons (Fsp3) is 0.526. The molecule has 146 valence electrons. The van der Waals surface area contributed by atoms with E-state index in [2.05, 4.69) is 5.32 Å². The summed E-state index contributed by atoms with van der Waals surface area (Å²) < 4.78 is 5.29. The normalized spacial score (nSPS) is 20.3. The van der Waals surface area contributed by atoms with Crippen molar-refractivity contribution in [2.24, 2.45) is 5.92 Å². The van der Waals surface area contributed by atoms with E-state index in [0.717, 1.165) is 5.56 Å². The number of morpholine rings is 1. The number of ether oxygens (including phenoxy) is 1. The zero-order valence-electron chi connectivity index (χ0n) is 15.4. The van der Waals surface area contributed by atoms with Crippen molar-refractivity contribution >= 4 is 23.6 Å². The Morgan fingerprint density at radius 2 is 1.89 bits per heavy atom. The highest BCUT2D eigenvalue weighted by Gasteiger charge is 2.28. The molecule has 2 saturated heterocycles. The van der Waals surface area contributed by atoms with Gasteiger partial charge in [0.05, 0.1) is 19.1 Å². The number of hydrogen-bond acceptors (Lipinski definition) is 4. The summed E-state index contributed by atoms with van der Waals surface area (Å²) in [5.41, 5.74) is 1.92. The maximum atomic E-state index is 12.8. The molecule has 0 saturated carbocycles. The van der Waals surface area contributed by atoms with Crippen molar-refractivity contribution in [3.8, 4) is 0 Å². The van der Waals surface area contributed by atoms with Crippen LogP contribution >= 0.6 is 0 Å². The number of hydrogen-bond donors (Lipinski definition) is 2. The number of rotatable bonds is 3.